The van der Waals surface area contributed by atoms with Crippen LogP contribution in [0.25, 0.3) is 0 Å². The van der Waals surface area contributed by atoms with Crippen LogP contribution in [0.5, 0.6) is 0 Å². The van der Waals surface area contributed by atoms with Crippen LogP contribution in [0.15, 0.2) is 30.0 Å². The van der Waals surface area contributed by atoms with Crippen LogP contribution < -0.4 is 5.32 Å². The molecule has 0 atom stereocenters. The zero-order valence-corrected chi connectivity index (χ0v) is 8.22. The summed E-state index contributed by atoms with van der Waals surface area (Å²) >= 11 is 5.64. The molecule has 74 valence electrons. The van der Waals surface area contributed by atoms with E-state index in [-0.39, 0.29) is 11.3 Å². The minimum absolute atomic E-state index is 0.116. The molecular formula is C10H5ClFN3. The van der Waals surface area contributed by atoms with E-state index in [9.17, 15) is 4.39 Å². The van der Waals surface area contributed by atoms with Gasteiger partial charge >= 0.3 is 0 Å². The summed E-state index contributed by atoms with van der Waals surface area (Å²) in [5.74, 6) is -0.508. The largest absolute Gasteiger partial charge is 0.357 e. The van der Waals surface area contributed by atoms with Gasteiger partial charge in [-0.2, -0.15) is 10.5 Å². The van der Waals surface area contributed by atoms with Crippen molar-refractivity contribution in [1.29, 1.82) is 10.5 Å². The Morgan fingerprint density at radius 2 is 2.07 bits per heavy atom. The Morgan fingerprint density at radius 1 is 1.40 bits per heavy atom. The molecule has 15 heavy (non-hydrogen) atoms. The summed E-state index contributed by atoms with van der Waals surface area (Å²) in [5, 5.41) is 19.7. The van der Waals surface area contributed by atoms with Crippen LogP contribution in [-0.4, -0.2) is 0 Å². The van der Waals surface area contributed by atoms with Gasteiger partial charge in [0.15, 0.2) is 0 Å². The molecular weight excluding hydrogens is 217 g/mol. The van der Waals surface area contributed by atoms with Gasteiger partial charge in [0, 0.05) is 11.2 Å². The normalized spacial score (nSPS) is 8.53. The van der Waals surface area contributed by atoms with Gasteiger partial charge in [0.1, 0.15) is 23.5 Å². The fraction of sp³-hybridized carbons (Fsp3) is 0. The predicted molar refractivity (Wildman–Crippen MR) is 54.3 cm³/mol. The topological polar surface area (TPSA) is 59.6 Å². The van der Waals surface area contributed by atoms with Crippen molar-refractivity contribution in [3.05, 3.63) is 40.8 Å². The van der Waals surface area contributed by atoms with Crippen LogP contribution in [-0.2, 0) is 0 Å². The highest BCUT2D eigenvalue weighted by molar-refractivity contribution is 6.30. The minimum Gasteiger partial charge on any atom is -0.357 e. The Labute approximate surface area is 91.0 Å². The third kappa shape index (κ3) is 2.98. The second-order valence-electron chi connectivity index (χ2n) is 2.55. The van der Waals surface area contributed by atoms with Crippen molar-refractivity contribution in [3.8, 4) is 12.1 Å². The first-order chi connectivity index (χ1) is 7.17. The first-order valence-corrected chi connectivity index (χ1v) is 4.27. The average Bonchev–Trinajstić information content (AvgIpc) is 2.24. The summed E-state index contributed by atoms with van der Waals surface area (Å²) in [6.07, 6.45) is 1.12. The van der Waals surface area contributed by atoms with E-state index in [2.05, 4.69) is 5.32 Å². The van der Waals surface area contributed by atoms with Crippen molar-refractivity contribution < 1.29 is 4.39 Å². The maximum Gasteiger partial charge on any atom is 0.146 e. The molecule has 0 heterocycles. The summed E-state index contributed by atoms with van der Waals surface area (Å²) in [7, 11) is 0. The molecule has 1 N–H and O–H groups in total. The van der Waals surface area contributed by atoms with Gasteiger partial charge in [-0.05, 0) is 18.2 Å². The Morgan fingerprint density at radius 3 is 2.67 bits per heavy atom. The average molecular weight is 222 g/mol. The van der Waals surface area contributed by atoms with Gasteiger partial charge in [-0.25, -0.2) is 4.39 Å². The van der Waals surface area contributed by atoms with E-state index in [0.717, 1.165) is 6.20 Å². The van der Waals surface area contributed by atoms with E-state index < -0.39 is 5.82 Å². The van der Waals surface area contributed by atoms with Crippen LogP contribution >= 0.6 is 11.6 Å². The molecule has 0 saturated carbocycles. The molecule has 0 radical (unpaired) electrons. The minimum atomic E-state index is -0.508. The third-order valence-corrected chi connectivity index (χ3v) is 1.78. The van der Waals surface area contributed by atoms with Crippen LogP contribution in [0.2, 0.25) is 5.02 Å². The lowest BCUT2D eigenvalue weighted by atomic mass is 10.3. The standard InChI is InChI=1S/C10H5ClFN3/c11-8-1-2-9(12)10(3-8)15-6-7(4-13)5-14/h1-3,6,15H. The highest BCUT2D eigenvalue weighted by Crippen LogP contribution is 2.19. The summed E-state index contributed by atoms with van der Waals surface area (Å²) in [6.45, 7) is 0. The maximum absolute atomic E-state index is 13.1. The van der Waals surface area contributed by atoms with Crippen molar-refractivity contribution in [2.24, 2.45) is 0 Å². The second-order valence-corrected chi connectivity index (χ2v) is 2.99. The molecule has 0 unspecified atom stereocenters. The monoisotopic (exact) mass is 221 g/mol. The highest BCUT2D eigenvalue weighted by Gasteiger charge is 2.01. The fourth-order valence-corrected chi connectivity index (χ4v) is 1.02. The molecule has 0 aromatic heterocycles. The van der Waals surface area contributed by atoms with Crippen LogP contribution in [0.3, 0.4) is 0 Å². The van der Waals surface area contributed by atoms with Gasteiger partial charge in [-0.15, -0.1) is 0 Å². The Bertz CT molecular complexity index is 466. The van der Waals surface area contributed by atoms with E-state index >= 15 is 0 Å². The van der Waals surface area contributed by atoms with Gasteiger partial charge in [-0.3, -0.25) is 0 Å². The Hall–Kier alpha value is -2.04. The van der Waals surface area contributed by atoms with Gasteiger partial charge in [0.2, 0.25) is 0 Å². The lowest BCUT2D eigenvalue weighted by Crippen LogP contribution is -1.93. The van der Waals surface area contributed by atoms with Crippen LogP contribution in [0, 0.1) is 28.5 Å². The second kappa shape index (κ2) is 4.99. The molecule has 1 rings (SSSR count). The van der Waals surface area contributed by atoms with E-state index in [0.29, 0.717) is 5.02 Å². The lowest BCUT2D eigenvalue weighted by molar-refractivity contribution is 0.632. The number of nitriles is 2. The fourth-order valence-electron chi connectivity index (χ4n) is 0.848. The number of hydrogen-bond acceptors (Lipinski definition) is 3. The summed E-state index contributed by atoms with van der Waals surface area (Å²) in [5.41, 5.74) is -0.0279. The number of nitrogens with one attached hydrogen (secondary N) is 1. The van der Waals surface area contributed by atoms with E-state index in [1.807, 2.05) is 0 Å². The smallest absolute Gasteiger partial charge is 0.146 e. The molecule has 0 aliphatic carbocycles. The van der Waals surface area contributed by atoms with Gasteiger partial charge in [-0.1, -0.05) is 11.6 Å². The molecule has 0 bridgehead atoms. The molecule has 5 heteroatoms. The van der Waals surface area contributed by atoms with Crippen molar-refractivity contribution in [2.75, 3.05) is 5.32 Å². The van der Waals surface area contributed by atoms with Gasteiger partial charge < -0.3 is 5.32 Å². The summed E-state index contributed by atoms with van der Waals surface area (Å²) < 4.78 is 13.1. The molecule has 3 nitrogen and oxygen atoms in total. The molecule has 0 amide bonds. The predicted octanol–water partition coefficient (Wildman–Crippen LogP) is 2.82. The van der Waals surface area contributed by atoms with E-state index in [1.165, 1.54) is 18.2 Å². The Balaban J connectivity index is 2.92. The number of halogens is 2. The summed E-state index contributed by atoms with van der Waals surface area (Å²) in [6, 6.07) is 7.23. The van der Waals surface area contributed by atoms with Crippen molar-refractivity contribution in [2.45, 2.75) is 0 Å². The lowest BCUT2D eigenvalue weighted by Gasteiger charge is -2.02. The Kier molecular flexibility index (Phi) is 3.68. The molecule has 0 saturated heterocycles. The van der Waals surface area contributed by atoms with Crippen molar-refractivity contribution in [1.82, 2.24) is 0 Å². The quantitative estimate of drug-likeness (QED) is 0.782. The number of anilines is 1. The van der Waals surface area contributed by atoms with Crippen molar-refractivity contribution in [3.63, 3.8) is 0 Å². The number of benzene rings is 1. The zero-order chi connectivity index (χ0) is 11.3. The summed E-state index contributed by atoms with van der Waals surface area (Å²) in [4.78, 5) is 0. The number of nitrogens with zero attached hydrogens (tertiary/aromatic N) is 2. The number of allylic oxidation sites excluding steroid dienone is 1. The first kappa shape index (κ1) is 11.0. The van der Waals surface area contributed by atoms with Gasteiger partial charge in [0.25, 0.3) is 0 Å². The van der Waals surface area contributed by atoms with E-state index in [1.54, 1.807) is 12.1 Å². The molecule has 1 aromatic carbocycles. The molecule has 1 aromatic rings. The van der Waals surface area contributed by atoms with Gasteiger partial charge in [0.05, 0.1) is 5.69 Å². The van der Waals surface area contributed by atoms with Crippen LogP contribution in [0.1, 0.15) is 0 Å². The molecule has 0 aliphatic heterocycles. The third-order valence-electron chi connectivity index (χ3n) is 1.54. The van der Waals surface area contributed by atoms with Crippen LogP contribution in [0.4, 0.5) is 10.1 Å². The molecule has 0 aliphatic rings. The highest BCUT2D eigenvalue weighted by atomic mass is 35.5. The molecule has 0 fully saturated rings. The SMILES string of the molecule is N#CC(C#N)=CNc1cc(Cl)ccc1F. The van der Waals surface area contributed by atoms with Crippen molar-refractivity contribution >= 4 is 17.3 Å². The molecule has 0 spiro atoms. The first-order valence-electron chi connectivity index (χ1n) is 3.89. The number of hydrogen-bond donors (Lipinski definition) is 1. The maximum atomic E-state index is 13.1. The van der Waals surface area contributed by atoms with E-state index in [4.69, 9.17) is 22.1 Å². The zero-order valence-electron chi connectivity index (χ0n) is 7.46. The number of rotatable bonds is 2.